The molecular weight excluding hydrogens is 210 g/mol. The molecule has 0 heterocycles. The molecule has 0 saturated carbocycles. The van der Waals surface area contributed by atoms with E-state index in [0.29, 0.717) is 6.54 Å². The Morgan fingerprint density at radius 2 is 1.94 bits per heavy atom. The summed E-state index contributed by atoms with van der Waals surface area (Å²) in [6.07, 6.45) is 2.91. The SMILES string of the molecule is CCCC(CN)(CO)Cc1ccc(C)c(C)c1. The van der Waals surface area contributed by atoms with E-state index >= 15 is 0 Å². The van der Waals surface area contributed by atoms with Gasteiger partial charge in [-0.25, -0.2) is 0 Å². The number of benzene rings is 1. The highest BCUT2D eigenvalue weighted by Gasteiger charge is 2.27. The minimum atomic E-state index is -0.142. The fraction of sp³-hybridized carbons (Fsp3) is 0.600. The number of aryl methyl sites for hydroxylation is 2. The van der Waals surface area contributed by atoms with Gasteiger partial charge in [-0.15, -0.1) is 0 Å². The van der Waals surface area contributed by atoms with Crippen LogP contribution in [0.4, 0.5) is 0 Å². The highest BCUT2D eigenvalue weighted by Crippen LogP contribution is 2.28. The molecule has 0 aliphatic heterocycles. The van der Waals surface area contributed by atoms with E-state index in [2.05, 4.69) is 39.0 Å². The number of hydrogen-bond donors (Lipinski definition) is 2. The van der Waals surface area contributed by atoms with Crippen LogP contribution in [-0.4, -0.2) is 18.3 Å². The number of nitrogens with two attached hydrogens (primary N) is 1. The molecule has 1 atom stereocenters. The minimum Gasteiger partial charge on any atom is -0.396 e. The summed E-state index contributed by atoms with van der Waals surface area (Å²) in [5.41, 5.74) is 9.62. The summed E-state index contributed by atoms with van der Waals surface area (Å²) in [7, 11) is 0. The zero-order valence-corrected chi connectivity index (χ0v) is 11.3. The minimum absolute atomic E-state index is 0.142. The lowest BCUT2D eigenvalue weighted by Gasteiger charge is -2.30. The van der Waals surface area contributed by atoms with Gasteiger partial charge in [0.05, 0.1) is 6.61 Å². The van der Waals surface area contributed by atoms with Gasteiger partial charge in [-0.1, -0.05) is 31.5 Å². The van der Waals surface area contributed by atoms with E-state index in [9.17, 15) is 5.11 Å². The van der Waals surface area contributed by atoms with E-state index in [0.717, 1.165) is 19.3 Å². The Labute approximate surface area is 105 Å². The molecule has 2 heteroatoms. The molecule has 1 unspecified atom stereocenters. The Kier molecular flexibility index (Phi) is 5.16. The van der Waals surface area contributed by atoms with Crippen LogP contribution in [-0.2, 0) is 6.42 Å². The first kappa shape index (κ1) is 14.2. The van der Waals surface area contributed by atoms with Gasteiger partial charge in [0.2, 0.25) is 0 Å². The standard InChI is InChI=1S/C15H25NO/c1-4-7-15(10-16,11-17)9-14-6-5-12(2)13(3)8-14/h5-6,8,17H,4,7,9-11,16H2,1-3H3. The van der Waals surface area contributed by atoms with Gasteiger partial charge in [-0.05, 0) is 43.4 Å². The molecule has 3 N–H and O–H groups in total. The molecule has 1 aromatic rings. The Balaban J connectivity index is 2.89. The molecule has 0 amide bonds. The molecule has 1 rings (SSSR count). The van der Waals surface area contributed by atoms with Gasteiger partial charge >= 0.3 is 0 Å². The Hall–Kier alpha value is -0.860. The molecule has 0 aliphatic carbocycles. The van der Waals surface area contributed by atoms with Crippen molar-refractivity contribution < 1.29 is 5.11 Å². The molecule has 0 aromatic heterocycles. The average Bonchev–Trinajstić information content (AvgIpc) is 2.33. The second-order valence-electron chi connectivity index (χ2n) is 5.21. The van der Waals surface area contributed by atoms with Crippen molar-refractivity contribution in [2.24, 2.45) is 11.1 Å². The van der Waals surface area contributed by atoms with Gasteiger partial charge in [-0.2, -0.15) is 0 Å². The van der Waals surface area contributed by atoms with E-state index in [4.69, 9.17) is 5.73 Å². The van der Waals surface area contributed by atoms with Crippen molar-refractivity contribution >= 4 is 0 Å². The van der Waals surface area contributed by atoms with E-state index < -0.39 is 0 Å². The van der Waals surface area contributed by atoms with Crippen LogP contribution in [0.15, 0.2) is 18.2 Å². The van der Waals surface area contributed by atoms with E-state index in [1.165, 1.54) is 16.7 Å². The van der Waals surface area contributed by atoms with Crippen LogP contribution >= 0.6 is 0 Å². The maximum Gasteiger partial charge on any atom is 0.0502 e. The first-order valence-electron chi connectivity index (χ1n) is 6.44. The van der Waals surface area contributed by atoms with Gasteiger partial charge in [0, 0.05) is 12.0 Å². The fourth-order valence-corrected chi connectivity index (χ4v) is 2.34. The molecule has 0 spiro atoms. The van der Waals surface area contributed by atoms with E-state index in [-0.39, 0.29) is 12.0 Å². The van der Waals surface area contributed by atoms with Crippen LogP contribution in [0.25, 0.3) is 0 Å². The third kappa shape index (κ3) is 3.55. The lowest BCUT2D eigenvalue weighted by Crippen LogP contribution is -2.36. The molecule has 0 bridgehead atoms. The summed E-state index contributed by atoms with van der Waals surface area (Å²) in [5, 5.41) is 9.61. The summed E-state index contributed by atoms with van der Waals surface area (Å²) in [6, 6.07) is 6.51. The predicted octanol–water partition coefficient (Wildman–Crippen LogP) is 2.58. The van der Waals surface area contributed by atoms with E-state index in [1.54, 1.807) is 0 Å². The zero-order valence-electron chi connectivity index (χ0n) is 11.3. The second-order valence-corrected chi connectivity index (χ2v) is 5.21. The Bertz CT molecular complexity index is 356. The number of hydrogen-bond acceptors (Lipinski definition) is 2. The topological polar surface area (TPSA) is 46.2 Å². The third-order valence-electron chi connectivity index (χ3n) is 3.70. The highest BCUT2D eigenvalue weighted by atomic mass is 16.3. The third-order valence-corrected chi connectivity index (χ3v) is 3.70. The van der Waals surface area contributed by atoms with Crippen molar-refractivity contribution in [3.8, 4) is 0 Å². The largest absolute Gasteiger partial charge is 0.396 e. The van der Waals surface area contributed by atoms with Crippen LogP contribution in [0.3, 0.4) is 0 Å². The summed E-state index contributed by atoms with van der Waals surface area (Å²) >= 11 is 0. The first-order chi connectivity index (χ1) is 8.06. The number of rotatable bonds is 6. The van der Waals surface area contributed by atoms with Crippen molar-refractivity contribution in [2.45, 2.75) is 40.0 Å². The summed E-state index contributed by atoms with van der Waals surface area (Å²) in [5.74, 6) is 0. The van der Waals surface area contributed by atoms with Crippen molar-refractivity contribution in [3.05, 3.63) is 34.9 Å². The first-order valence-corrected chi connectivity index (χ1v) is 6.44. The summed E-state index contributed by atoms with van der Waals surface area (Å²) in [6.45, 7) is 7.10. The Morgan fingerprint density at radius 3 is 2.41 bits per heavy atom. The molecule has 0 saturated heterocycles. The van der Waals surface area contributed by atoms with Crippen LogP contribution in [0, 0.1) is 19.3 Å². The molecule has 0 fully saturated rings. The summed E-state index contributed by atoms with van der Waals surface area (Å²) in [4.78, 5) is 0. The van der Waals surface area contributed by atoms with Crippen LogP contribution in [0.5, 0.6) is 0 Å². The van der Waals surface area contributed by atoms with Crippen molar-refractivity contribution in [2.75, 3.05) is 13.2 Å². The van der Waals surface area contributed by atoms with E-state index in [1.807, 2.05) is 0 Å². The fourth-order valence-electron chi connectivity index (χ4n) is 2.34. The molecule has 96 valence electrons. The second kappa shape index (κ2) is 6.18. The molecule has 0 aliphatic rings. The number of aliphatic hydroxyl groups excluding tert-OH is 1. The smallest absolute Gasteiger partial charge is 0.0502 e. The quantitative estimate of drug-likeness (QED) is 0.796. The maximum atomic E-state index is 9.61. The van der Waals surface area contributed by atoms with Crippen molar-refractivity contribution in [3.63, 3.8) is 0 Å². The number of aliphatic hydroxyl groups is 1. The average molecular weight is 235 g/mol. The molecule has 2 nitrogen and oxygen atoms in total. The normalized spacial score (nSPS) is 14.6. The lowest BCUT2D eigenvalue weighted by atomic mass is 9.78. The van der Waals surface area contributed by atoms with Crippen molar-refractivity contribution in [1.82, 2.24) is 0 Å². The van der Waals surface area contributed by atoms with Crippen LogP contribution in [0.2, 0.25) is 0 Å². The van der Waals surface area contributed by atoms with Crippen LogP contribution < -0.4 is 5.73 Å². The van der Waals surface area contributed by atoms with Gasteiger partial charge in [0.1, 0.15) is 0 Å². The van der Waals surface area contributed by atoms with Gasteiger partial charge in [-0.3, -0.25) is 0 Å². The van der Waals surface area contributed by atoms with Crippen LogP contribution in [0.1, 0.15) is 36.5 Å². The van der Waals surface area contributed by atoms with Gasteiger partial charge in [0.15, 0.2) is 0 Å². The molecule has 1 aromatic carbocycles. The summed E-state index contributed by atoms with van der Waals surface area (Å²) < 4.78 is 0. The highest BCUT2D eigenvalue weighted by molar-refractivity contribution is 5.30. The van der Waals surface area contributed by atoms with Gasteiger partial charge in [0.25, 0.3) is 0 Å². The molecule has 17 heavy (non-hydrogen) atoms. The van der Waals surface area contributed by atoms with Crippen molar-refractivity contribution in [1.29, 1.82) is 0 Å². The maximum absolute atomic E-state index is 9.61. The monoisotopic (exact) mass is 235 g/mol. The van der Waals surface area contributed by atoms with Gasteiger partial charge < -0.3 is 10.8 Å². The molecular formula is C15H25NO. The predicted molar refractivity (Wildman–Crippen MR) is 73.1 cm³/mol. The Morgan fingerprint density at radius 1 is 1.24 bits per heavy atom. The zero-order chi connectivity index (χ0) is 12.9. The lowest BCUT2D eigenvalue weighted by molar-refractivity contribution is 0.121. The molecule has 0 radical (unpaired) electrons.